The van der Waals surface area contributed by atoms with Crippen LogP contribution in [0.1, 0.15) is 24.0 Å². The van der Waals surface area contributed by atoms with E-state index in [2.05, 4.69) is 22.0 Å². The molecule has 0 saturated heterocycles. The fourth-order valence-corrected chi connectivity index (χ4v) is 5.23. The number of allylic oxidation sites excluding steroid dienone is 1. The van der Waals surface area contributed by atoms with Gasteiger partial charge in [0.1, 0.15) is 11.5 Å². The molecule has 2 aliphatic rings. The fraction of sp³-hybridized carbons (Fsp3) is 0.231. The fourth-order valence-electron chi connectivity index (χ4n) is 4.74. The number of carbonyl (C=O) groups excluding carboxylic acids is 3. The number of carbonyl (C=O) groups is 3. The normalized spacial score (nSPS) is 17.0. The van der Waals surface area contributed by atoms with Crippen LogP contribution < -0.4 is 15.5 Å². The summed E-state index contributed by atoms with van der Waals surface area (Å²) in [4.78, 5) is 41.9. The number of ether oxygens (including phenoxy) is 2. The van der Waals surface area contributed by atoms with Crippen LogP contribution in [0.3, 0.4) is 0 Å². The lowest BCUT2D eigenvalue weighted by Crippen LogP contribution is -2.41. The Hall–Kier alpha value is -4.10. The quantitative estimate of drug-likeness (QED) is 0.575. The molecule has 0 saturated carbocycles. The maximum absolute atomic E-state index is 13.3. The van der Waals surface area contributed by atoms with Gasteiger partial charge in [0.15, 0.2) is 0 Å². The summed E-state index contributed by atoms with van der Waals surface area (Å²) in [6, 6.07) is 14.5. The molecular formula is C26H23BrN4O5. The van der Waals surface area contributed by atoms with E-state index in [1.165, 1.54) is 26.0 Å². The predicted octanol–water partition coefficient (Wildman–Crippen LogP) is 3.26. The molecule has 184 valence electrons. The summed E-state index contributed by atoms with van der Waals surface area (Å²) in [5.41, 5.74) is 8.69. The Labute approximate surface area is 216 Å². The van der Waals surface area contributed by atoms with Gasteiger partial charge in [0.25, 0.3) is 0 Å². The Morgan fingerprint density at radius 3 is 2.36 bits per heavy atom. The number of hydrogen-bond donors (Lipinski definition) is 1. The van der Waals surface area contributed by atoms with Crippen LogP contribution in [-0.2, 0) is 30.3 Å². The molecule has 2 aliphatic heterocycles. The zero-order chi connectivity index (χ0) is 26.1. The number of nitrogens with zero attached hydrogens (tertiary/aromatic N) is 3. The SMILES string of the molecule is COC(=O)C1=C(C(=O)OC)N(c2cc(Br)cc3c2N(C(C)=O)CC3)C(N)=C(C#N)C1c1ccccc1. The molecule has 2 heterocycles. The minimum Gasteiger partial charge on any atom is -0.466 e. The van der Waals surface area contributed by atoms with E-state index in [1.807, 2.05) is 6.07 Å². The van der Waals surface area contributed by atoms with Crippen molar-refractivity contribution in [1.29, 1.82) is 5.26 Å². The molecular weight excluding hydrogens is 528 g/mol. The number of fused-ring (bicyclic) bond motifs is 1. The van der Waals surface area contributed by atoms with Gasteiger partial charge in [-0.05, 0) is 29.7 Å². The summed E-state index contributed by atoms with van der Waals surface area (Å²) in [6.45, 7) is 1.88. The zero-order valence-corrected chi connectivity index (χ0v) is 21.5. The van der Waals surface area contributed by atoms with Crippen molar-refractivity contribution in [3.8, 4) is 6.07 Å². The standard InChI is InChI=1S/C26H23BrN4O5/c1-14(32)30-10-9-16-11-17(27)12-19(22(16)30)31-23(26(34)36-3)21(25(33)35-2)20(18(13-28)24(31)29)15-7-5-4-6-8-15/h4-8,11-12,20H,9-10,29H2,1-3H3. The Morgan fingerprint density at radius 2 is 1.78 bits per heavy atom. The van der Waals surface area contributed by atoms with Crippen molar-refractivity contribution in [2.24, 2.45) is 5.73 Å². The molecule has 0 aliphatic carbocycles. The van der Waals surface area contributed by atoms with Gasteiger partial charge in [-0.2, -0.15) is 5.26 Å². The van der Waals surface area contributed by atoms with E-state index in [9.17, 15) is 19.6 Å². The zero-order valence-electron chi connectivity index (χ0n) is 19.9. The summed E-state index contributed by atoms with van der Waals surface area (Å²) in [7, 11) is 2.38. The van der Waals surface area contributed by atoms with E-state index >= 15 is 0 Å². The molecule has 0 fully saturated rings. The number of hydrogen-bond acceptors (Lipinski definition) is 8. The molecule has 2 N–H and O–H groups in total. The topological polar surface area (TPSA) is 126 Å². The Morgan fingerprint density at radius 1 is 1.11 bits per heavy atom. The van der Waals surface area contributed by atoms with Gasteiger partial charge in [0.05, 0.1) is 48.7 Å². The van der Waals surface area contributed by atoms with Crippen LogP contribution in [0.25, 0.3) is 0 Å². The number of esters is 2. The minimum atomic E-state index is -0.974. The summed E-state index contributed by atoms with van der Waals surface area (Å²) < 4.78 is 10.8. The van der Waals surface area contributed by atoms with E-state index in [0.717, 1.165) is 5.56 Å². The lowest BCUT2D eigenvalue weighted by atomic mass is 9.81. The number of nitriles is 1. The third kappa shape index (κ3) is 4.01. The van der Waals surface area contributed by atoms with Gasteiger partial charge in [-0.1, -0.05) is 46.3 Å². The highest BCUT2D eigenvalue weighted by Crippen LogP contribution is 2.48. The lowest BCUT2D eigenvalue weighted by Gasteiger charge is -2.37. The van der Waals surface area contributed by atoms with Crippen molar-refractivity contribution >= 4 is 45.2 Å². The van der Waals surface area contributed by atoms with Gasteiger partial charge in [-0.25, -0.2) is 9.59 Å². The van der Waals surface area contributed by atoms with E-state index in [0.29, 0.717) is 34.4 Å². The molecule has 4 rings (SSSR count). The number of methoxy groups -OCH3 is 2. The number of rotatable bonds is 4. The van der Waals surface area contributed by atoms with Crippen LogP contribution in [0.4, 0.5) is 11.4 Å². The third-order valence-electron chi connectivity index (χ3n) is 6.24. The van der Waals surface area contributed by atoms with E-state index in [1.54, 1.807) is 41.3 Å². The van der Waals surface area contributed by atoms with Crippen molar-refractivity contribution in [2.75, 3.05) is 30.6 Å². The summed E-state index contributed by atoms with van der Waals surface area (Å²) in [6.07, 6.45) is 0.581. The van der Waals surface area contributed by atoms with Crippen LogP contribution >= 0.6 is 15.9 Å². The van der Waals surface area contributed by atoms with E-state index in [-0.39, 0.29) is 28.6 Å². The first-order valence-electron chi connectivity index (χ1n) is 11.0. The smallest absolute Gasteiger partial charge is 0.355 e. The number of halogens is 1. The van der Waals surface area contributed by atoms with Crippen molar-refractivity contribution in [1.82, 2.24) is 0 Å². The van der Waals surface area contributed by atoms with Gasteiger partial charge in [-0.3, -0.25) is 9.69 Å². The van der Waals surface area contributed by atoms with Crippen LogP contribution in [0.2, 0.25) is 0 Å². The van der Waals surface area contributed by atoms with Gasteiger partial charge < -0.3 is 20.1 Å². The van der Waals surface area contributed by atoms with Crippen molar-refractivity contribution in [2.45, 2.75) is 19.3 Å². The van der Waals surface area contributed by atoms with Crippen LogP contribution in [0.15, 0.2) is 69.6 Å². The molecule has 0 spiro atoms. The highest BCUT2D eigenvalue weighted by molar-refractivity contribution is 9.10. The molecule has 0 bridgehead atoms. The number of benzene rings is 2. The van der Waals surface area contributed by atoms with Crippen LogP contribution in [0, 0.1) is 11.3 Å². The van der Waals surface area contributed by atoms with Crippen molar-refractivity contribution < 1.29 is 23.9 Å². The molecule has 0 radical (unpaired) electrons. The summed E-state index contributed by atoms with van der Waals surface area (Å²) >= 11 is 3.50. The first-order valence-corrected chi connectivity index (χ1v) is 11.8. The summed E-state index contributed by atoms with van der Waals surface area (Å²) in [5, 5.41) is 10.2. The average molecular weight is 551 g/mol. The third-order valence-corrected chi connectivity index (χ3v) is 6.70. The highest BCUT2D eigenvalue weighted by Gasteiger charge is 2.44. The molecule has 36 heavy (non-hydrogen) atoms. The van der Waals surface area contributed by atoms with Crippen LogP contribution in [0.5, 0.6) is 0 Å². The first-order chi connectivity index (χ1) is 17.2. The Balaban J connectivity index is 2.12. The minimum absolute atomic E-state index is 0.0513. The Kier molecular flexibility index (Phi) is 6.86. The van der Waals surface area contributed by atoms with Crippen molar-refractivity contribution in [3.05, 3.63) is 80.7 Å². The van der Waals surface area contributed by atoms with Gasteiger partial charge in [-0.15, -0.1) is 0 Å². The van der Waals surface area contributed by atoms with Gasteiger partial charge in [0.2, 0.25) is 5.91 Å². The lowest BCUT2D eigenvalue weighted by molar-refractivity contribution is -0.139. The maximum Gasteiger partial charge on any atom is 0.355 e. The Bertz CT molecular complexity index is 1380. The second kappa shape index (κ2) is 9.87. The van der Waals surface area contributed by atoms with Gasteiger partial charge >= 0.3 is 11.9 Å². The molecule has 0 aromatic heterocycles. The van der Waals surface area contributed by atoms with Gasteiger partial charge in [0, 0.05) is 17.9 Å². The second-order valence-corrected chi connectivity index (χ2v) is 9.10. The van der Waals surface area contributed by atoms with Crippen LogP contribution in [-0.4, -0.2) is 38.6 Å². The van der Waals surface area contributed by atoms with E-state index in [4.69, 9.17) is 15.2 Å². The monoisotopic (exact) mass is 550 g/mol. The molecule has 2 aromatic rings. The number of amides is 1. The first kappa shape index (κ1) is 25.0. The molecule has 2 aromatic carbocycles. The van der Waals surface area contributed by atoms with Crippen molar-refractivity contribution in [3.63, 3.8) is 0 Å². The molecule has 9 nitrogen and oxygen atoms in total. The molecule has 1 atom stereocenters. The predicted molar refractivity (Wildman–Crippen MR) is 135 cm³/mol. The highest BCUT2D eigenvalue weighted by atomic mass is 79.9. The molecule has 1 unspecified atom stereocenters. The molecule has 1 amide bonds. The average Bonchev–Trinajstić information content (AvgIpc) is 3.31. The van der Waals surface area contributed by atoms with E-state index < -0.39 is 17.9 Å². The number of anilines is 2. The maximum atomic E-state index is 13.3. The number of nitrogens with two attached hydrogens (primary N) is 1. The summed E-state index contributed by atoms with van der Waals surface area (Å²) in [5.74, 6) is -2.90. The second-order valence-electron chi connectivity index (χ2n) is 8.19. The largest absolute Gasteiger partial charge is 0.466 e. The molecule has 10 heteroatoms.